The molecule has 0 radical (unpaired) electrons. The third-order valence-electron chi connectivity index (χ3n) is 3.91. The molecule has 1 aromatic rings. The van der Waals surface area contributed by atoms with Crippen LogP contribution in [0.3, 0.4) is 0 Å². The Balaban J connectivity index is 2.03. The average molecular weight is 331 g/mol. The first-order valence-electron chi connectivity index (χ1n) is 6.99. The zero-order valence-electron chi connectivity index (χ0n) is 12.0. The molecule has 6 heteroatoms. The maximum Gasteiger partial charge on any atom is 0.252 e. The molecule has 0 unspecified atom stereocenters. The van der Waals surface area contributed by atoms with E-state index in [1.54, 1.807) is 25.3 Å². The number of ether oxygens (including phenoxy) is 1. The van der Waals surface area contributed by atoms with Crippen molar-refractivity contribution in [3.63, 3.8) is 0 Å². The highest BCUT2D eigenvalue weighted by molar-refractivity contribution is 6.35. The summed E-state index contributed by atoms with van der Waals surface area (Å²) >= 11 is 12.0. The van der Waals surface area contributed by atoms with Gasteiger partial charge in [0.25, 0.3) is 5.91 Å². The van der Waals surface area contributed by atoms with Crippen LogP contribution >= 0.6 is 23.2 Å². The van der Waals surface area contributed by atoms with Crippen LogP contribution in [0, 0.1) is 5.41 Å². The van der Waals surface area contributed by atoms with E-state index in [1.165, 1.54) is 0 Å². The van der Waals surface area contributed by atoms with Crippen LogP contribution in [-0.2, 0) is 4.74 Å². The van der Waals surface area contributed by atoms with Crippen molar-refractivity contribution in [1.29, 1.82) is 0 Å². The Morgan fingerprint density at radius 3 is 2.76 bits per heavy atom. The number of halogens is 2. The highest BCUT2D eigenvalue weighted by Crippen LogP contribution is 2.28. The standard InChI is InChI=1S/C15H20Cl2N2O2/c1-21-10-15(4-6-18-7-5-15)9-19-14(20)12-8-11(16)2-3-13(12)17/h2-3,8,18H,4-7,9-10H2,1H3,(H,19,20). The summed E-state index contributed by atoms with van der Waals surface area (Å²) in [4.78, 5) is 12.3. The van der Waals surface area contributed by atoms with Gasteiger partial charge in [-0.1, -0.05) is 23.2 Å². The van der Waals surface area contributed by atoms with Gasteiger partial charge in [0, 0.05) is 24.1 Å². The molecule has 0 spiro atoms. The molecule has 21 heavy (non-hydrogen) atoms. The number of carbonyl (C=O) groups excluding carboxylic acids is 1. The van der Waals surface area contributed by atoms with Crippen molar-refractivity contribution in [2.75, 3.05) is 33.4 Å². The van der Waals surface area contributed by atoms with Gasteiger partial charge in [-0.3, -0.25) is 4.79 Å². The van der Waals surface area contributed by atoms with Crippen molar-refractivity contribution in [2.45, 2.75) is 12.8 Å². The Morgan fingerprint density at radius 2 is 2.10 bits per heavy atom. The van der Waals surface area contributed by atoms with E-state index in [4.69, 9.17) is 27.9 Å². The fourth-order valence-corrected chi connectivity index (χ4v) is 3.05. The predicted molar refractivity (Wildman–Crippen MR) is 85.2 cm³/mol. The molecule has 1 aliphatic rings. The highest BCUT2D eigenvalue weighted by atomic mass is 35.5. The van der Waals surface area contributed by atoms with E-state index in [9.17, 15) is 4.79 Å². The molecule has 0 saturated carbocycles. The molecule has 0 aliphatic carbocycles. The molecule has 1 saturated heterocycles. The Morgan fingerprint density at radius 1 is 1.38 bits per heavy atom. The van der Waals surface area contributed by atoms with Crippen LogP contribution in [0.1, 0.15) is 23.2 Å². The van der Waals surface area contributed by atoms with Gasteiger partial charge in [0.05, 0.1) is 17.2 Å². The van der Waals surface area contributed by atoms with Gasteiger partial charge in [0.2, 0.25) is 0 Å². The lowest BCUT2D eigenvalue weighted by molar-refractivity contribution is 0.0512. The molecule has 1 heterocycles. The number of rotatable bonds is 5. The molecule has 2 rings (SSSR count). The monoisotopic (exact) mass is 330 g/mol. The second-order valence-corrected chi connectivity index (χ2v) is 6.33. The summed E-state index contributed by atoms with van der Waals surface area (Å²) in [6.45, 7) is 3.09. The van der Waals surface area contributed by atoms with Crippen LogP contribution in [-0.4, -0.2) is 39.3 Å². The van der Waals surface area contributed by atoms with Gasteiger partial charge in [0.1, 0.15) is 0 Å². The van der Waals surface area contributed by atoms with Crippen LogP contribution < -0.4 is 10.6 Å². The van der Waals surface area contributed by atoms with Crippen molar-refractivity contribution in [1.82, 2.24) is 10.6 Å². The number of nitrogens with one attached hydrogen (secondary N) is 2. The van der Waals surface area contributed by atoms with E-state index in [0.29, 0.717) is 28.8 Å². The molecule has 4 nitrogen and oxygen atoms in total. The SMILES string of the molecule is COCC1(CNC(=O)c2cc(Cl)ccc2Cl)CCNCC1. The topological polar surface area (TPSA) is 50.4 Å². The molecule has 0 aromatic heterocycles. The highest BCUT2D eigenvalue weighted by Gasteiger charge is 2.32. The number of piperidine rings is 1. The number of hydrogen-bond acceptors (Lipinski definition) is 3. The summed E-state index contributed by atoms with van der Waals surface area (Å²) in [6.07, 6.45) is 1.95. The Hall–Kier alpha value is -0.810. The average Bonchev–Trinajstić information content (AvgIpc) is 2.49. The first-order chi connectivity index (χ1) is 10.1. The second kappa shape index (κ2) is 7.45. The molecule has 2 N–H and O–H groups in total. The van der Waals surface area contributed by atoms with E-state index in [1.807, 2.05) is 0 Å². The van der Waals surface area contributed by atoms with Gasteiger partial charge in [0.15, 0.2) is 0 Å². The summed E-state index contributed by atoms with van der Waals surface area (Å²) in [7, 11) is 1.69. The van der Waals surface area contributed by atoms with E-state index < -0.39 is 0 Å². The second-order valence-electron chi connectivity index (χ2n) is 5.49. The molecule has 0 bridgehead atoms. The number of amides is 1. The number of benzene rings is 1. The van der Waals surface area contributed by atoms with Gasteiger partial charge in [-0.15, -0.1) is 0 Å². The lowest BCUT2D eigenvalue weighted by Crippen LogP contribution is -2.47. The van der Waals surface area contributed by atoms with Gasteiger partial charge >= 0.3 is 0 Å². The smallest absolute Gasteiger partial charge is 0.252 e. The Bertz CT molecular complexity index is 497. The summed E-state index contributed by atoms with van der Waals surface area (Å²) in [5.41, 5.74) is 0.395. The first kappa shape index (κ1) is 16.6. The van der Waals surface area contributed by atoms with Crippen molar-refractivity contribution >= 4 is 29.1 Å². The van der Waals surface area contributed by atoms with E-state index in [2.05, 4.69) is 10.6 Å². The van der Waals surface area contributed by atoms with Crippen LogP contribution in [0.2, 0.25) is 10.0 Å². The van der Waals surface area contributed by atoms with Gasteiger partial charge in [-0.2, -0.15) is 0 Å². The van der Waals surface area contributed by atoms with Crippen LogP contribution in [0.5, 0.6) is 0 Å². The quantitative estimate of drug-likeness (QED) is 0.872. The zero-order chi connectivity index (χ0) is 15.3. The van der Waals surface area contributed by atoms with Crippen molar-refractivity contribution < 1.29 is 9.53 Å². The molecule has 1 fully saturated rings. The van der Waals surface area contributed by atoms with Crippen molar-refractivity contribution in [3.05, 3.63) is 33.8 Å². The van der Waals surface area contributed by atoms with Crippen LogP contribution in [0.25, 0.3) is 0 Å². The summed E-state index contributed by atoms with van der Waals surface area (Å²) in [5, 5.41) is 7.20. The van der Waals surface area contributed by atoms with Crippen LogP contribution in [0.4, 0.5) is 0 Å². The minimum atomic E-state index is -0.198. The third kappa shape index (κ3) is 4.33. The number of carbonyl (C=O) groups is 1. The molecule has 116 valence electrons. The Labute approximate surface area is 135 Å². The summed E-state index contributed by atoms with van der Waals surface area (Å²) in [5.74, 6) is -0.198. The zero-order valence-corrected chi connectivity index (χ0v) is 13.6. The van der Waals surface area contributed by atoms with E-state index >= 15 is 0 Å². The normalized spacial score (nSPS) is 17.5. The van der Waals surface area contributed by atoms with Gasteiger partial charge in [-0.05, 0) is 44.1 Å². The fraction of sp³-hybridized carbons (Fsp3) is 0.533. The maximum absolute atomic E-state index is 12.3. The minimum absolute atomic E-state index is 0.0132. The lowest BCUT2D eigenvalue weighted by atomic mass is 9.79. The first-order valence-corrected chi connectivity index (χ1v) is 7.75. The molecule has 1 aromatic carbocycles. The fourth-order valence-electron chi connectivity index (χ4n) is 2.67. The predicted octanol–water partition coefficient (Wildman–Crippen LogP) is 2.74. The third-order valence-corrected chi connectivity index (χ3v) is 4.48. The molecule has 1 amide bonds. The number of hydrogen-bond donors (Lipinski definition) is 2. The molecule has 0 atom stereocenters. The molecular formula is C15H20Cl2N2O2. The Kier molecular flexibility index (Phi) is 5.88. The maximum atomic E-state index is 12.3. The van der Waals surface area contributed by atoms with E-state index in [-0.39, 0.29) is 11.3 Å². The van der Waals surface area contributed by atoms with Gasteiger partial charge in [-0.25, -0.2) is 0 Å². The lowest BCUT2D eigenvalue weighted by Gasteiger charge is -2.37. The largest absolute Gasteiger partial charge is 0.384 e. The summed E-state index contributed by atoms with van der Waals surface area (Å²) < 4.78 is 5.34. The summed E-state index contributed by atoms with van der Waals surface area (Å²) in [6, 6.07) is 4.89. The molecular weight excluding hydrogens is 311 g/mol. The minimum Gasteiger partial charge on any atom is -0.384 e. The van der Waals surface area contributed by atoms with Crippen LogP contribution in [0.15, 0.2) is 18.2 Å². The van der Waals surface area contributed by atoms with Crippen molar-refractivity contribution in [3.8, 4) is 0 Å². The van der Waals surface area contributed by atoms with E-state index in [0.717, 1.165) is 25.9 Å². The number of methoxy groups -OCH3 is 1. The van der Waals surface area contributed by atoms with Crippen molar-refractivity contribution in [2.24, 2.45) is 5.41 Å². The molecule has 1 aliphatic heterocycles. The van der Waals surface area contributed by atoms with Gasteiger partial charge < -0.3 is 15.4 Å².